The molecule has 0 saturated heterocycles. The molecule has 0 saturated carbocycles. The molecule has 1 aromatic heterocycles. The number of thioether (sulfide) groups is 1. The minimum atomic E-state index is -0.456. The van der Waals surface area contributed by atoms with Crippen molar-refractivity contribution < 1.29 is 4.39 Å². The fourth-order valence-electron chi connectivity index (χ4n) is 2.54. The SMILES string of the molecule is CSc1nc(-c2ccc(N(C)c3cccc(F)c3)cc2)c(C#N)c(=O)[nH]1. The lowest BCUT2D eigenvalue weighted by atomic mass is 10.1. The molecule has 3 aromatic rings. The molecule has 1 heterocycles. The summed E-state index contributed by atoms with van der Waals surface area (Å²) in [6.07, 6.45) is 1.80. The van der Waals surface area contributed by atoms with Gasteiger partial charge in [-0.15, -0.1) is 0 Å². The van der Waals surface area contributed by atoms with Crippen molar-refractivity contribution in [3.05, 3.63) is 70.3 Å². The van der Waals surface area contributed by atoms with E-state index >= 15 is 0 Å². The number of nitrogens with one attached hydrogen (secondary N) is 1. The van der Waals surface area contributed by atoms with Gasteiger partial charge in [0.25, 0.3) is 5.56 Å². The molecule has 0 aliphatic carbocycles. The Morgan fingerprint density at radius 3 is 2.54 bits per heavy atom. The van der Waals surface area contributed by atoms with Gasteiger partial charge >= 0.3 is 0 Å². The summed E-state index contributed by atoms with van der Waals surface area (Å²) in [6, 6.07) is 15.5. The van der Waals surface area contributed by atoms with Crippen LogP contribution in [-0.4, -0.2) is 23.3 Å². The van der Waals surface area contributed by atoms with Crippen LogP contribution in [0, 0.1) is 17.1 Å². The first-order chi connectivity index (χ1) is 12.5. The molecule has 2 aromatic carbocycles. The predicted molar refractivity (Wildman–Crippen MR) is 101 cm³/mol. The molecule has 0 atom stereocenters. The number of benzene rings is 2. The van der Waals surface area contributed by atoms with Crippen molar-refractivity contribution in [3.63, 3.8) is 0 Å². The maximum absolute atomic E-state index is 13.4. The van der Waals surface area contributed by atoms with Crippen LogP contribution in [0.5, 0.6) is 0 Å². The van der Waals surface area contributed by atoms with Gasteiger partial charge < -0.3 is 9.88 Å². The molecule has 5 nitrogen and oxygen atoms in total. The van der Waals surface area contributed by atoms with Crippen molar-refractivity contribution in [2.75, 3.05) is 18.2 Å². The quantitative estimate of drug-likeness (QED) is 0.559. The van der Waals surface area contributed by atoms with E-state index in [-0.39, 0.29) is 11.4 Å². The Balaban J connectivity index is 1.99. The highest BCUT2D eigenvalue weighted by molar-refractivity contribution is 7.98. The van der Waals surface area contributed by atoms with E-state index in [4.69, 9.17) is 0 Å². The van der Waals surface area contributed by atoms with Crippen molar-refractivity contribution >= 4 is 23.1 Å². The fraction of sp³-hybridized carbons (Fsp3) is 0.105. The second-order valence-corrected chi connectivity index (χ2v) is 6.29. The van der Waals surface area contributed by atoms with Crippen LogP contribution in [0.1, 0.15) is 5.56 Å². The van der Waals surface area contributed by atoms with Crippen LogP contribution in [0.15, 0.2) is 58.5 Å². The first-order valence-electron chi connectivity index (χ1n) is 7.71. The minimum Gasteiger partial charge on any atom is -0.345 e. The van der Waals surface area contributed by atoms with Gasteiger partial charge in [-0.2, -0.15) is 5.26 Å². The van der Waals surface area contributed by atoms with E-state index in [1.54, 1.807) is 24.5 Å². The Bertz CT molecular complexity index is 1040. The molecule has 7 heteroatoms. The third kappa shape index (κ3) is 3.46. The van der Waals surface area contributed by atoms with Crippen LogP contribution in [0.25, 0.3) is 11.3 Å². The maximum atomic E-state index is 13.4. The number of halogens is 1. The average Bonchev–Trinajstić information content (AvgIpc) is 2.67. The Morgan fingerprint density at radius 2 is 1.92 bits per heavy atom. The van der Waals surface area contributed by atoms with Crippen molar-refractivity contribution in [1.29, 1.82) is 5.26 Å². The Morgan fingerprint density at radius 1 is 1.19 bits per heavy atom. The Kier molecular flexibility index (Phi) is 5.05. The van der Waals surface area contributed by atoms with E-state index in [0.29, 0.717) is 16.4 Å². The van der Waals surface area contributed by atoms with Gasteiger partial charge in [-0.25, -0.2) is 9.37 Å². The summed E-state index contributed by atoms with van der Waals surface area (Å²) < 4.78 is 13.4. The highest BCUT2D eigenvalue weighted by Crippen LogP contribution is 2.27. The minimum absolute atomic E-state index is 0.0194. The monoisotopic (exact) mass is 366 g/mol. The number of rotatable bonds is 4. The lowest BCUT2D eigenvalue weighted by Gasteiger charge is -2.20. The van der Waals surface area contributed by atoms with E-state index < -0.39 is 5.56 Å². The van der Waals surface area contributed by atoms with Gasteiger partial charge in [-0.3, -0.25) is 4.79 Å². The zero-order chi connectivity index (χ0) is 18.7. The lowest BCUT2D eigenvalue weighted by Crippen LogP contribution is -2.14. The van der Waals surface area contributed by atoms with Crippen LogP contribution in [0.2, 0.25) is 0 Å². The summed E-state index contributed by atoms with van der Waals surface area (Å²) in [4.78, 5) is 20.8. The van der Waals surface area contributed by atoms with Gasteiger partial charge in [0, 0.05) is 24.0 Å². The molecule has 3 rings (SSSR count). The van der Waals surface area contributed by atoms with Crippen molar-refractivity contribution in [2.45, 2.75) is 5.16 Å². The van der Waals surface area contributed by atoms with Crippen molar-refractivity contribution in [2.24, 2.45) is 0 Å². The van der Waals surface area contributed by atoms with Gasteiger partial charge in [0.15, 0.2) is 5.16 Å². The summed E-state index contributed by atoms with van der Waals surface area (Å²) in [5, 5.41) is 9.73. The van der Waals surface area contributed by atoms with Gasteiger partial charge in [0.05, 0.1) is 5.69 Å². The molecule has 0 unspecified atom stereocenters. The van der Waals surface area contributed by atoms with Crippen molar-refractivity contribution in [3.8, 4) is 17.3 Å². The molecule has 130 valence electrons. The second kappa shape index (κ2) is 7.42. The summed E-state index contributed by atoms with van der Waals surface area (Å²) in [6.45, 7) is 0. The summed E-state index contributed by atoms with van der Waals surface area (Å²) in [5.74, 6) is -0.304. The van der Waals surface area contributed by atoms with Gasteiger partial charge in [0.1, 0.15) is 17.4 Å². The van der Waals surface area contributed by atoms with Crippen LogP contribution in [-0.2, 0) is 0 Å². The number of hydrogen-bond donors (Lipinski definition) is 1. The molecule has 26 heavy (non-hydrogen) atoms. The highest BCUT2D eigenvalue weighted by atomic mass is 32.2. The van der Waals surface area contributed by atoms with Gasteiger partial charge in [-0.1, -0.05) is 30.0 Å². The zero-order valence-corrected chi connectivity index (χ0v) is 15.0. The number of anilines is 2. The molecule has 1 N–H and O–H groups in total. The summed E-state index contributed by atoms with van der Waals surface area (Å²) >= 11 is 1.30. The average molecular weight is 366 g/mol. The molecular weight excluding hydrogens is 351 g/mol. The van der Waals surface area contributed by atoms with E-state index in [0.717, 1.165) is 11.4 Å². The number of nitrogens with zero attached hydrogens (tertiary/aromatic N) is 3. The first kappa shape index (κ1) is 17.7. The summed E-state index contributed by atoms with van der Waals surface area (Å²) in [5.41, 5.74) is 2.10. The third-order valence-corrected chi connectivity index (χ3v) is 4.51. The molecule has 0 radical (unpaired) electrons. The van der Waals surface area contributed by atoms with Crippen LogP contribution in [0.4, 0.5) is 15.8 Å². The van der Waals surface area contributed by atoms with Gasteiger partial charge in [0.2, 0.25) is 0 Å². The Hall–Kier alpha value is -3.11. The Labute approximate surface area is 154 Å². The second-order valence-electron chi connectivity index (χ2n) is 5.50. The first-order valence-corrected chi connectivity index (χ1v) is 8.94. The fourth-order valence-corrected chi connectivity index (χ4v) is 2.92. The smallest absolute Gasteiger partial charge is 0.270 e. The molecule has 0 aliphatic heterocycles. The summed E-state index contributed by atoms with van der Waals surface area (Å²) in [7, 11) is 1.84. The maximum Gasteiger partial charge on any atom is 0.270 e. The molecule has 0 amide bonds. The standard InChI is InChI=1S/C19H15FN4OS/c1-24(15-5-3-4-13(20)10-15)14-8-6-12(7-9-14)17-16(11-21)18(25)23-19(22-17)26-2/h3-10H,1-2H3,(H,22,23,25). The van der Waals surface area contributed by atoms with E-state index in [1.165, 1.54) is 23.9 Å². The topological polar surface area (TPSA) is 72.8 Å². The molecular formula is C19H15FN4OS. The predicted octanol–water partition coefficient (Wildman–Crippen LogP) is 3.94. The van der Waals surface area contributed by atoms with Gasteiger partial charge in [-0.05, 0) is 36.6 Å². The number of H-pyrrole nitrogens is 1. The number of aromatic nitrogens is 2. The van der Waals surface area contributed by atoms with Crippen molar-refractivity contribution in [1.82, 2.24) is 9.97 Å². The molecule has 0 bridgehead atoms. The van der Waals surface area contributed by atoms with Crippen LogP contribution in [0.3, 0.4) is 0 Å². The van der Waals surface area contributed by atoms with E-state index in [1.807, 2.05) is 36.2 Å². The number of nitriles is 1. The largest absolute Gasteiger partial charge is 0.345 e. The molecule has 0 aliphatic rings. The van der Waals surface area contributed by atoms with E-state index in [9.17, 15) is 14.4 Å². The third-order valence-electron chi connectivity index (χ3n) is 3.93. The van der Waals surface area contributed by atoms with Crippen LogP contribution < -0.4 is 10.5 Å². The molecule has 0 fully saturated rings. The van der Waals surface area contributed by atoms with E-state index in [2.05, 4.69) is 9.97 Å². The van der Waals surface area contributed by atoms with Crippen LogP contribution >= 0.6 is 11.8 Å². The number of hydrogen-bond acceptors (Lipinski definition) is 5. The molecule has 0 spiro atoms. The highest BCUT2D eigenvalue weighted by Gasteiger charge is 2.14. The normalized spacial score (nSPS) is 10.4. The zero-order valence-electron chi connectivity index (χ0n) is 14.2. The lowest BCUT2D eigenvalue weighted by molar-refractivity contribution is 0.628. The number of aromatic amines is 1.